The first-order chi connectivity index (χ1) is 17.5. The van der Waals surface area contributed by atoms with E-state index in [1.54, 1.807) is 60.5 Å². The zero-order valence-electron chi connectivity index (χ0n) is 20.5. The Labute approximate surface area is 211 Å². The monoisotopic (exact) mass is 484 g/mol. The fraction of sp³-hybridized carbons (Fsp3) is 0.276. The summed E-state index contributed by atoms with van der Waals surface area (Å²) in [5.74, 6) is -0.391. The average Bonchev–Trinajstić information content (AvgIpc) is 2.93. The third kappa shape index (κ3) is 6.72. The summed E-state index contributed by atoms with van der Waals surface area (Å²) in [5, 5.41) is 8.99. The Hall–Kier alpha value is -4.13. The Kier molecular flexibility index (Phi) is 8.34. The number of benzene rings is 3. The normalized spacial score (nSPS) is 13.5. The molecule has 1 fully saturated rings. The van der Waals surface area contributed by atoms with Crippen molar-refractivity contribution < 1.29 is 14.4 Å². The summed E-state index contributed by atoms with van der Waals surface area (Å²) in [6.45, 7) is 0.0706. The molecule has 1 aliphatic rings. The molecule has 0 aliphatic heterocycles. The minimum atomic E-state index is -0.210. The number of hydrogen-bond acceptors (Lipinski definition) is 4. The van der Waals surface area contributed by atoms with Crippen molar-refractivity contribution in [1.82, 2.24) is 5.32 Å². The van der Waals surface area contributed by atoms with Crippen molar-refractivity contribution in [3.63, 3.8) is 0 Å². The van der Waals surface area contributed by atoms with Crippen LogP contribution in [0.4, 0.5) is 17.1 Å². The van der Waals surface area contributed by atoms with Crippen molar-refractivity contribution in [2.45, 2.75) is 38.1 Å². The van der Waals surface area contributed by atoms with Gasteiger partial charge in [-0.15, -0.1) is 0 Å². The molecule has 186 valence electrons. The molecule has 0 unspecified atom stereocenters. The number of para-hydroxylation sites is 1. The molecule has 0 heterocycles. The number of nitrogens with one attached hydrogen (secondary N) is 3. The van der Waals surface area contributed by atoms with Crippen molar-refractivity contribution in [3.8, 4) is 0 Å². The molecule has 0 spiro atoms. The van der Waals surface area contributed by atoms with Crippen LogP contribution in [0.5, 0.6) is 0 Å². The van der Waals surface area contributed by atoms with Crippen molar-refractivity contribution in [1.29, 1.82) is 0 Å². The molecule has 0 radical (unpaired) electrons. The minimum absolute atomic E-state index is 0.0706. The number of rotatable bonds is 8. The van der Waals surface area contributed by atoms with Gasteiger partial charge >= 0.3 is 0 Å². The maximum atomic E-state index is 12.7. The largest absolute Gasteiger partial charge is 0.376 e. The number of anilines is 3. The van der Waals surface area contributed by atoms with Gasteiger partial charge in [0, 0.05) is 41.3 Å². The SMILES string of the molecule is CN(C(=O)c1ccc(NCC(=O)Nc2ccc(C(=O)NC3CCCCC3)cc2)cc1)c1ccccc1. The van der Waals surface area contributed by atoms with E-state index in [9.17, 15) is 14.4 Å². The molecule has 1 saturated carbocycles. The molecule has 36 heavy (non-hydrogen) atoms. The smallest absolute Gasteiger partial charge is 0.258 e. The maximum absolute atomic E-state index is 12.7. The zero-order valence-corrected chi connectivity index (χ0v) is 20.5. The summed E-state index contributed by atoms with van der Waals surface area (Å²) in [4.78, 5) is 39.1. The van der Waals surface area contributed by atoms with E-state index in [0.717, 1.165) is 37.1 Å². The lowest BCUT2D eigenvalue weighted by Crippen LogP contribution is -2.36. The quantitative estimate of drug-likeness (QED) is 0.416. The molecule has 3 aromatic rings. The van der Waals surface area contributed by atoms with Gasteiger partial charge < -0.3 is 20.9 Å². The topological polar surface area (TPSA) is 90.5 Å². The molecule has 7 heteroatoms. The van der Waals surface area contributed by atoms with Crippen LogP contribution in [0.1, 0.15) is 52.8 Å². The highest BCUT2D eigenvalue weighted by atomic mass is 16.2. The Bertz CT molecular complexity index is 1170. The van der Waals surface area contributed by atoms with Crippen LogP contribution in [-0.2, 0) is 4.79 Å². The van der Waals surface area contributed by atoms with Crippen molar-refractivity contribution in [2.24, 2.45) is 0 Å². The number of carbonyl (C=O) groups is 3. The molecule has 3 N–H and O–H groups in total. The van der Waals surface area contributed by atoms with Crippen LogP contribution >= 0.6 is 0 Å². The minimum Gasteiger partial charge on any atom is -0.376 e. The summed E-state index contributed by atoms with van der Waals surface area (Å²) in [6.07, 6.45) is 5.65. The second kappa shape index (κ2) is 12.0. The summed E-state index contributed by atoms with van der Waals surface area (Å²) < 4.78 is 0. The zero-order chi connectivity index (χ0) is 25.3. The van der Waals surface area contributed by atoms with Gasteiger partial charge in [0.05, 0.1) is 6.54 Å². The van der Waals surface area contributed by atoms with E-state index in [1.807, 2.05) is 30.3 Å². The number of hydrogen-bond donors (Lipinski definition) is 3. The van der Waals surface area contributed by atoms with E-state index >= 15 is 0 Å². The van der Waals surface area contributed by atoms with Crippen molar-refractivity contribution in [2.75, 3.05) is 29.1 Å². The van der Waals surface area contributed by atoms with E-state index in [1.165, 1.54) is 6.42 Å². The van der Waals surface area contributed by atoms with Crippen LogP contribution in [0, 0.1) is 0 Å². The standard InChI is InChI=1S/C29H32N4O3/c1-33(26-10-6-3-7-11-26)29(36)22-14-16-23(17-15-22)30-20-27(34)31-25-18-12-21(13-19-25)28(35)32-24-8-4-2-5-9-24/h3,6-7,10-19,24,30H,2,4-5,8-9,20H2,1H3,(H,31,34)(H,32,35). The van der Waals surface area contributed by atoms with Gasteiger partial charge in [-0.25, -0.2) is 0 Å². The molecule has 1 aliphatic carbocycles. The number of amides is 3. The maximum Gasteiger partial charge on any atom is 0.258 e. The molecule has 0 atom stereocenters. The summed E-state index contributed by atoms with van der Waals surface area (Å²) in [5.41, 5.74) is 3.33. The van der Waals surface area contributed by atoms with Crippen LogP contribution in [0.25, 0.3) is 0 Å². The third-order valence-electron chi connectivity index (χ3n) is 6.40. The second-order valence-corrected chi connectivity index (χ2v) is 9.06. The highest BCUT2D eigenvalue weighted by molar-refractivity contribution is 6.06. The van der Waals surface area contributed by atoms with Crippen molar-refractivity contribution >= 4 is 34.8 Å². The van der Waals surface area contributed by atoms with Crippen molar-refractivity contribution in [3.05, 3.63) is 90.0 Å². The predicted octanol–water partition coefficient (Wildman–Crippen LogP) is 5.08. The van der Waals surface area contributed by atoms with E-state index in [0.29, 0.717) is 16.8 Å². The molecule has 4 rings (SSSR count). The fourth-order valence-electron chi connectivity index (χ4n) is 4.30. The number of nitrogens with zero attached hydrogens (tertiary/aromatic N) is 1. The van der Waals surface area contributed by atoms with Crippen LogP contribution in [0.15, 0.2) is 78.9 Å². The number of carbonyl (C=O) groups excluding carboxylic acids is 3. The molecular formula is C29H32N4O3. The first-order valence-corrected chi connectivity index (χ1v) is 12.4. The van der Waals surface area contributed by atoms with Gasteiger partial charge in [-0.3, -0.25) is 14.4 Å². The van der Waals surface area contributed by atoms with Gasteiger partial charge in [0.1, 0.15) is 0 Å². The summed E-state index contributed by atoms with van der Waals surface area (Å²) in [6, 6.07) is 23.6. The van der Waals surface area contributed by atoms with Gasteiger partial charge in [-0.1, -0.05) is 37.5 Å². The van der Waals surface area contributed by atoms with Crippen LogP contribution < -0.4 is 20.9 Å². The van der Waals surface area contributed by atoms with Gasteiger partial charge in [0.15, 0.2) is 0 Å². The van der Waals surface area contributed by atoms with Crippen LogP contribution in [0.3, 0.4) is 0 Å². The Balaban J connectivity index is 1.24. The van der Waals surface area contributed by atoms with Crippen LogP contribution in [-0.4, -0.2) is 37.4 Å². The van der Waals surface area contributed by atoms with Gasteiger partial charge in [0.25, 0.3) is 11.8 Å². The van der Waals surface area contributed by atoms with E-state index in [2.05, 4.69) is 16.0 Å². The van der Waals surface area contributed by atoms with Gasteiger partial charge in [-0.2, -0.15) is 0 Å². The summed E-state index contributed by atoms with van der Waals surface area (Å²) >= 11 is 0. The molecular weight excluding hydrogens is 452 g/mol. The van der Waals surface area contributed by atoms with E-state index in [4.69, 9.17) is 0 Å². The molecule has 7 nitrogen and oxygen atoms in total. The predicted molar refractivity (Wildman–Crippen MR) is 144 cm³/mol. The first-order valence-electron chi connectivity index (χ1n) is 12.4. The Morgan fingerprint density at radius 3 is 2.06 bits per heavy atom. The molecule has 3 aromatic carbocycles. The molecule has 0 saturated heterocycles. The van der Waals surface area contributed by atoms with E-state index in [-0.39, 0.29) is 30.3 Å². The molecule has 0 aromatic heterocycles. The lowest BCUT2D eigenvalue weighted by atomic mass is 9.95. The lowest BCUT2D eigenvalue weighted by Gasteiger charge is -2.22. The fourth-order valence-corrected chi connectivity index (χ4v) is 4.30. The Morgan fingerprint density at radius 1 is 0.778 bits per heavy atom. The first kappa shape index (κ1) is 25.0. The highest BCUT2D eigenvalue weighted by Crippen LogP contribution is 2.19. The highest BCUT2D eigenvalue weighted by Gasteiger charge is 2.17. The Morgan fingerprint density at radius 2 is 1.39 bits per heavy atom. The lowest BCUT2D eigenvalue weighted by molar-refractivity contribution is -0.114. The third-order valence-corrected chi connectivity index (χ3v) is 6.40. The van der Waals surface area contributed by atoms with Gasteiger partial charge in [-0.05, 0) is 73.5 Å². The summed E-state index contributed by atoms with van der Waals surface area (Å²) in [7, 11) is 1.74. The molecule has 3 amide bonds. The van der Waals surface area contributed by atoms with Gasteiger partial charge in [0.2, 0.25) is 5.91 Å². The van der Waals surface area contributed by atoms with E-state index < -0.39 is 0 Å². The molecule has 0 bridgehead atoms. The second-order valence-electron chi connectivity index (χ2n) is 9.06. The average molecular weight is 485 g/mol. The van der Waals surface area contributed by atoms with Crippen LogP contribution in [0.2, 0.25) is 0 Å².